The van der Waals surface area contributed by atoms with Crippen LogP contribution >= 0.6 is 11.6 Å². The van der Waals surface area contributed by atoms with Gasteiger partial charge in [0.05, 0.1) is 22.9 Å². The fourth-order valence-corrected chi connectivity index (χ4v) is 4.09. The molecule has 0 saturated carbocycles. The van der Waals surface area contributed by atoms with E-state index in [2.05, 4.69) is 10.3 Å². The summed E-state index contributed by atoms with van der Waals surface area (Å²) < 4.78 is 7.42. The molecule has 0 unspecified atom stereocenters. The fourth-order valence-electron chi connectivity index (χ4n) is 3.90. The van der Waals surface area contributed by atoms with Gasteiger partial charge in [0.1, 0.15) is 5.82 Å². The van der Waals surface area contributed by atoms with Crippen LogP contribution in [0.2, 0.25) is 5.02 Å². The van der Waals surface area contributed by atoms with E-state index in [1.54, 1.807) is 4.68 Å². The molecule has 0 radical (unpaired) electrons. The van der Waals surface area contributed by atoms with Gasteiger partial charge in [0, 0.05) is 23.7 Å². The number of nitrogens with zero attached hydrogens (tertiary/aromatic N) is 4. The van der Waals surface area contributed by atoms with E-state index >= 15 is 0 Å². The Morgan fingerprint density at radius 1 is 1.19 bits per heavy atom. The third kappa shape index (κ3) is 3.94. The van der Waals surface area contributed by atoms with Crippen LogP contribution in [0.15, 0.2) is 48.5 Å². The fraction of sp³-hybridized carbons (Fsp3) is 0.261. The Balaban J connectivity index is 1.64. The molecule has 158 valence electrons. The summed E-state index contributed by atoms with van der Waals surface area (Å²) in [4.78, 5) is 9.44. The van der Waals surface area contributed by atoms with Crippen molar-refractivity contribution in [2.45, 2.75) is 25.9 Å². The van der Waals surface area contributed by atoms with Gasteiger partial charge in [0.25, 0.3) is 0 Å². The van der Waals surface area contributed by atoms with Crippen molar-refractivity contribution in [3.8, 4) is 16.9 Å². The lowest BCUT2D eigenvalue weighted by Gasteiger charge is -2.12. The van der Waals surface area contributed by atoms with E-state index < -0.39 is 0 Å². The molecular weight excluding hydrogens is 412 g/mol. The van der Waals surface area contributed by atoms with E-state index in [9.17, 15) is 0 Å². The second-order valence-corrected chi connectivity index (χ2v) is 8.19. The predicted octanol–water partition coefficient (Wildman–Crippen LogP) is 4.62. The molecule has 7 nitrogen and oxygen atoms in total. The highest BCUT2D eigenvalue weighted by atomic mass is 35.5. The second kappa shape index (κ2) is 8.17. The molecule has 3 N–H and O–H groups in total. The normalized spacial score (nSPS) is 16.1. The highest BCUT2D eigenvalue weighted by Crippen LogP contribution is 2.33. The molecule has 0 bridgehead atoms. The quantitative estimate of drug-likeness (QED) is 0.476. The number of aromatic nitrogens is 4. The molecule has 2 aromatic heterocycles. The molecule has 1 aliphatic rings. The zero-order valence-electron chi connectivity index (χ0n) is 17.2. The molecule has 1 atom stereocenters. The van der Waals surface area contributed by atoms with Crippen LogP contribution in [-0.2, 0) is 4.74 Å². The van der Waals surface area contributed by atoms with Crippen LogP contribution in [0.5, 0.6) is 0 Å². The average molecular weight is 435 g/mol. The summed E-state index contributed by atoms with van der Waals surface area (Å²) in [6, 6.07) is 15.6. The maximum atomic E-state index is 6.57. The minimum Gasteiger partial charge on any atom is -0.383 e. The Labute approximate surface area is 185 Å². The molecule has 0 aliphatic carbocycles. The van der Waals surface area contributed by atoms with Gasteiger partial charge in [-0.05, 0) is 49.6 Å². The summed E-state index contributed by atoms with van der Waals surface area (Å²) in [5, 5.41) is 9.35. The Hall–Kier alpha value is -3.16. The molecule has 0 spiro atoms. The van der Waals surface area contributed by atoms with Crippen molar-refractivity contribution in [3.05, 3.63) is 59.1 Å². The number of aryl methyl sites for hydroxylation is 1. The number of nitrogens with one attached hydrogen (secondary N) is 1. The van der Waals surface area contributed by atoms with Crippen LogP contribution in [-0.4, -0.2) is 39.0 Å². The first kappa shape index (κ1) is 19.8. The minimum atomic E-state index is 0.170. The van der Waals surface area contributed by atoms with Gasteiger partial charge in [0.2, 0.25) is 5.95 Å². The second-order valence-electron chi connectivity index (χ2n) is 7.76. The van der Waals surface area contributed by atoms with Crippen molar-refractivity contribution in [2.24, 2.45) is 0 Å². The number of halogens is 1. The molecule has 0 amide bonds. The highest BCUT2D eigenvalue weighted by molar-refractivity contribution is 6.30. The molecular formula is C23H23ClN6O. The summed E-state index contributed by atoms with van der Waals surface area (Å²) in [7, 11) is 0. The van der Waals surface area contributed by atoms with Crippen molar-refractivity contribution in [3.63, 3.8) is 0 Å². The third-order valence-corrected chi connectivity index (χ3v) is 5.66. The number of nitrogen functional groups attached to an aromatic ring is 1. The Kier molecular flexibility index (Phi) is 5.21. The number of benzene rings is 2. The third-order valence-electron chi connectivity index (χ3n) is 5.43. The van der Waals surface area contributed by atoms with Crippen molar-refractivity contribution in [2.75, 3.05) is 24.2 Å². The van der Waals surface area contributed by atoms with E-state index in [1.807, 2.05) is 55.5 Å². The highest BCUT2D eigenvalue weighted by Gasteiger charge is 2.21. The molecule has 1 fully saturated rings. The molecule has 1 saturated heterocycles. The first-order valence-electron chi connectivity index (χ1n) is 10.3. The zero-order valence-corrected chi connectivity index (χ0v) is 17.9. The first-order chi connectivity index (χ1) is 15.1. The van der Waals surface area contributed by atoms with E-state index in [1.165, 1.54) is 0 Å². The Bertz CT molecular complexity index is 1250. The summed E-state index contributed by atoms with van der Waals surface area (Å²) in [6.07, 6.45) is 2.28. The maximum absolute atomic E-state index is 6.57. The zero-order chi connectivity index (χ0) is 21.4. The topological polar surface area (TPSA) is 90.9 Å². The van der Waals surface area contributed by atoms with Crippen molar-refractivity contribution in [1.82, 2.24) is 19.7 Å². The monoisotopic (exact) mass is 434 g/mol. The Morgan fingerprint density at radius 3 is 2.84 bits per heavy atom. The van der Waals surface area contributed by atoms with Gasteiger partial charge in [0.15, 0.2) is 5.65 Å². The van der Waals surface area contributed by atoms with E-state index in [-0.39, 0.29) is 6.10 Å². The smallest absolute Gasteiger partial charge is 0.225 e. The lowest BCUT2D eigenvalue weighted by Crippen LogP contribution is -2.19. The van der Waals surface area contributed by atoms with Crippen molar-refractivity contribution >= 4 is 34.4 Å². The van der Waals surface area contributed by atoms with Crippen LogP contribution < -0.4 is 11.1 Å². The van der Waals surface area contributed by atoms with E-state index in [4.69, 9.17) is 32.2 Å². The molecule has 5 rings (SSSR count). The van der Waals surface area contributed by atoms with Crippen LogP contribution in [0.3, 0.4) is 0 Å². The van der Waals surface area contributed by atoms with Crippen molar-refractivity contribution in [1.29, 1.82) is 0 Å². The van der Waals surface area contributed by atoms with Gasteiger partial charge in [-0.25, -0.2) is 9.67 Å². The molecule has 8 heteroatoms. The standard InChI is InChI=1S/C23H23ClN6O/c1-14-5-2-8-17(11-14)30-21(25)19-20(15-6-3-7-16(24)12-15)27-23(28-22(19)29-30)26-13-18-9-4-10-31-18/h2-3,5-8,11-12,18H,4,9-10,13,25H2,1H3,(H,26,28,29)/t18-/m0/s1. The summed E-state index contributed by atoms with van der Waals surface area (Å²) >= 11 is 6.26. The number of hydrogen-bond acceptors (Lipinski definition) is 6. The van der Waals surface area contributed by atoms with Gasteiger partial charge in [-0.2, -0.15) is 4.98 Å². The van der Waals surface area contributed by atoms with Crippen molar-refractivity contribution < 1.29 is 4.74 Å². The van der Waals surface area contributed by atoms with Crippen LogP contribution in [0.25, 0.3) is 28.0 Å². The lowest BCUT2D eigenvalue weighted by atomic mass is 10.1. The maximum Gasteiger partial charge on any atom is 0.225 e. The summed E-state index contributed by atoms with van der Waals surface area (Å²) in [5.41, 5.74) is 10.6. The number of hydrogen-bond donors (Lipinski definition) is 2. The van der Waals surface area contributed by atoms with Crippen LogP contribution in [0.1, 0.15) is 18.4 Å². The van der Waals surface area contributed by atoms with Gasteiger partial charge < -0.3 is 15.8 Å². The molecule has 2 aromatic carbocycles. The molecule has 31 heavy (non-hydrogen) atoms. The summed E-state index contributed by atoms with van der Waals surface area (Å²) in [5.74, 6) is 0.980. The molecule has 1 aliphatic heterocycles. The van der Waals surface area contributed by atoms with Crippen LogP contribution in [0, 0.1) is 6.92 Å². The predicted molar refractivity (Wildman–Crippen MR) is 124 cm³/mol. The molecule has 4 aromatic rings. The summed E-state index contributed by atoms with van der Waals surface area (Å²) in [6.45, 7) is 3.49. The van der Waals surface area contributed by atoms with Gasteiger partial charge >= 0.3 is 0 Å². The van der Waals surface area contributed by atoms with Gasteiger partial charge in [-0.15, -0.1) is 5.10 Å². The lowest BCUT2D eigenvalue weighted by molar-refractivity contribution is 0.120. The largest absolute Gasteiger partial charge is 0.383 e. The minimum absolute atomic E-state index is 0.170. The van der Waals surface area contributed by atoms with Gasteiger partial charge in [-0.3, -0.25) is 0 Å². The molecule has 3 heterocycles. The van der Waals surface area contributed by atoms with E-state index in [0.717, 1.165) is 36.3 Å². The number of fused-ring (bicyclic) bond motifs is 1. The average Bonchev–Trinajstić information content (AvgIpc) is 3.40. The Morgan fingerprint density at radius 2 is 2.06 bits per heavy atom. The van der Waals surface area contributed by atoms with Gasteiger partial charge in [-0.1, -0.05) is 35.9 Å². The SMILES string of the molecule is Cc1cccc(-n2nc3nc(NC[C@@H]4CCCO4)nc(-c4cccc(Cl)c4)c3c2N)c1. The van der Waals surface area contributed by atoms with E-state index in [0.29, 0.717) is 40.1 Å². The number of nitrogens with two attached hydrogens (primary N) is 1. The van der Waals surface area contributed by atoms with Crippen LogP contribution in [0.4, 0.5) is 11.8 Å². The number of anilines is 2. The first-order valence-corrected chi connectivity index (χ1v) is 10.7. The number of rotatable bonds is 5. The number of ether oxygens (including phenoxy) is 1.